The highest BCUT2D eigenvalue weighted by Gasteiger charge is 2.34. The maximum atomic E-state index is 12.1. The average Bonchev–Trinajstić information content (AvgIpc) is 2.88. The van der Waals surface area contributed by atoms with Crippen LogP contribution in [0.2, 0.25) is 0 Å². The molecule has 2 amide bonds. The summed E-state index contributed by atoms with van der Waals surface area (Å²) < 4.78 is 0.974. The van der Waals surface area contributed by atoms with Gasteiger partial charge in [-0.3, -0.25) is 0 Å². The number of aliphatic carboxylic acids is 1. The van der Waals surface area contributed by atoms with Crippen molar-refractivity contribution in [3.8, 4) is 0 Å². The van der Waals surface area contributed by atoms with Crippen molar-refractivity contribution in [1.82, 2.24) is 10.2 Å². The van der Waals surface area contributed by atoms with Crippen LogP contribution >= 0.6 is 27.7 Å². The standard InChI is InChI=1S/C13H15BrN2O3S/c1-8(9-2-4-10(14)5-3-9)15-13(19)16-7-20-6-11(16)12(17)18/h2-5,8,11H,6-7H2,1H3,(H,15,19)(H,17,18)/t8?,11-/m0/s1. The Bertz CT molecular complexity index is 509. The summed E-state index contributed by atoms with van der Waals surface area (Å²) in [7, 11) is 0. The minimum Gasteiger partial charge on any atom is -0.480 e. The molecule has 0 aliphatic carbocycles. The summed E-state index contributed by atoms with van der Waals surface area (Å²) in [6.07, 6.45) is 0. The van der Waals surface area contributed by atoms with Gasteiger partial charge in [0.25, 0.3) is 0 Å². The molecule has 2 rings (SSSR count). The molecule has 1 aromatic carbocycles. The van der Waals surface area contributed by atoms with Crippen LogP contribution in [0.15, 0.2) is 28.7 Å². The molecule has 0 saturated carbocycles. The molecule has 2 atom stereocenters. The van der Waals surface area contributed by atoms with Crippen molar-refractivity contribution in [2.75, 3.05) is 11.6 Å². The van der Waals surface area contributed by atoms with Gasteiger partial charge in [0.15, 0.2) is 0 Å². The highest BCUT2D eigenvalue weighted by Crippen LogP contribution is 2.22. The van der Waals surface area contributed by atoms with Gasteiger partial charge in [-0.15, -0.1) is 11.8 Å². The van der Waals surface area contributed by atoms with E-state index in [9.17, 15) is 9.59 Å². The number of carboxylic acids is 1. The molecule has 1 aromatic rings. The van der Waals surface area contributed by atoms with Crippen LogP contribution in [0.3, 0.4) is 0 Å². The van der Waals surface area contributed by atoms with Gasteiger partial charge in [-0.2, -0.15) is 0 Å². The number of urea groups is 1. The monoisotopic (exact) mass is 358 g/mol. The van der Waals surface area contributed by atoms with E-state index in [0.29, 0.717) is 11.6 Å². The van der Waals surface area contributed by atoms with Gasteiger partial charge in [0.2, 0.25) is 0 Å². The number of benzene rings is 1. The fourth-order valence-electron chi connectivity index (χ4n) is 1.95. The maximum absolute atomic E-state index is 12.1. The third kappa shape index (κ3) is 3.46. The summed E-state index contributed by atoms with van der Waals surface area (Å²) in [5.74, 6) is -0.105. The molecule has 1 unspecified atom stereocenters. The second kappa shape index (κ2) is 6.49. The van der Waals surface area contributed by atoms with Gasteiger partial charge in [0.1, 0.15) is 6.04 Å². The fraction of sp³-hybridized carbons (Fsp3) is 0.385. The minimum absolute atomic E-state index is 0.171. The van der Waals surface area contributed by atoms with E-state index in [1.807, 2.05) is 31.2 Å². The summed E-state index contributed by atoms with van der Waals surface area (Å²) in [6, 6.07) is 6.41. The maximum Gasteiger partial charge on any atom is 0.327 e. The minimum atomic E-state index is -0.957. The number of carboxylic acid groups (broad SMARTS) is 1. The molecule has 108 valence electrons. The predicted octanol–water partition coefficient (Wildman–Crippen LogP) is 2.68. The van der Waals surface area contributed by atoms with Crippen molar-refractivity contribution < 1.29 is 14.7 Å². The van der Waals surface area contributed by atoms with Crippen molar-refractivity contribution in [3.05, 3.63) is 34.3 Å². The Morgan fingerprint density at radius 1 is 1.45 bits per heavy atom. The lowest BCUT2D eigenvalue weighted by Crippen LogP contribution is -2.47. The number of carbonyl (C=O) groups is 2. The Kier molecular flexibility index (Phi) is 4.93. The van der Waals surface area contributed by atoms with Gasteiger partial charge >= 0.3 is 12.0 Å². The number of rotatable bonds is 3. The van der Waals surface area contributed by atoms with E-state index in [0.717, 1.165) is 10.0 Å². The van der Waals surface area contributed by atoms with Crippen LogP contribution < -0.4 is 5.32 Å². The topological polar surface area (TPSA) is 69.6 Å². The van der Waals surface area contributed by atoms with Crippen molar-refractivity contribution in [1.29, 1.82) is 0 Å². The first-order valence-corrected chi connectivity index (χ1v) is 8.07. The first-order valence-electron chi connectivity index (χ1n) is 6.12. The third-order valence-corrected chi connectivity index (χ3v) is 4.68. The quantitative estimate of drug-likeness (QED) is 0.871. The van der Waals surface area contributed by atoms with Gasteiger partial charge in [-0.05, 0) is 24.6 Å². The van der Waals surface area contributed by atoms with Crippen molar-refractivity contribution in [2.24, 2.45) is 0 Å². The summed E-state index contributed by atoms with van der Waals surface area (Å²) in [5.41, 5.74) is 0.972. The van der Waals surface area contributed by atoms with Crippen LogP contribution in [-0.4, -0.2) is 39.7 Å². The average molecular weight is 359 g/mol. The van der Waals surface area contributed by atoms with Crippen molar-refractivity contribution >= 4 is 39.7 Å². The number of nitrogens with zero attached hydrogens (tertiary/aromatic N) is 1. The molecule has 0 bridgehead atoms. The molecular weight excluding hydrogens is 344 g/mol. The van der Waals surface area contributed by atoms with Crippen LogP contribution in [-0.2, 0) is 4.79 Å². The molecule has 1 aliphatic rings. The lowest BCUT2D eigenvalue weighted by atomic mass is 10.1. The van der Waals surface area contributed by atoms with Crippen LogP contribution in [0.5, 0.6) is 0 Å². The summed E-state index contributed by atoms with van der Waals surface area (Å²) in [6.45, 7) is 1.88. The molecule has 0 aromatic heterocycles. The number of hydrogen-bond donors (Lipinski definition) is 2. The van der Waals surface area contributed by atoms with Crippen LogP contribution in [0.4, 0.5) is 4.79 Å². The second-order valence-corrected chi connectivity index (χ2v) is 6.46. The summed E-state index contributed by atoms with van der Waals surface area (Å²) >= 11 is 4.81. The third-order valence-electron chi connectivity index (χ3n) is 3.14. The zero-order valence-corrected chi connectivity index (χ0v) is 13.3. The van der Waals surface area contributed by atoms with Gasteiger partial charge < -0.3 is 15.3 Å². The lowest BCUT2D eigenvalue weighted by Gasteiger charge is -2.23. The molecule has 1 saturated heterocycles. The molecule has 1 heterocycles. The van der Waals surface area contributed by atoms with E-state index >= 15 is 0 Å². The molecule has 0 spiro atoms. The van der Waals surface area contributed by atoms with Crippen molar-refractivity contribution in [3.63, 3.8) is 0 Å². The van der Waals surface area contributed by atoms with E-state index in [-0.39, 0.29) is 12.1 Å². The predicted molar refractivity (Wildman–Crippen MR) is 81.7 cm³/mol. The Morgan fingerprint density at radius 2 is 2.10 bits per heavy atom. The van der Waals surface area contributed by atoms with Gasteiger partial charge in [-0.25, -0.2) is 9.59 Å². The zero-order valence-electron chi connectivity index (χ0n) is 10.9. The van der Waals surface area contributed by atoms with Gasteiger partial charge in [0, 0.05) is 10.2 Å². The Morgan fingerprint density at radius 3 is 2.70 bits per heavy atom. The number of thioether (sulfide) groups is 1. The number of nitrogens with one attached hydrogen (secondary N) is 1. The molecule has 1 fully saturated rings. The number of hydrogen-bond acceptors (Lipinski definition) is 3. The number of amides is 2. The highest BCUT2D eigenvalue weighted by molar-refractivity contribution is 9.10. The van der Waals surface area contributed by atoms with E-state index < -0.39 is 12.0 Å². The normalized spacial score (nSPS) is 19.7. The van der Waals surface area contributed by atoms with Crippen LogP contribution in [0, 0.1) is 0 Å². The van der Waals surface area contributed by atoms with E-state index in [2.05, 4.69) is 21.2 Å². The first kappa shape index (κ1) is 15.2. The lowest BCUT2D eigenvalue weighted by molar-refractivity contribution is -0.140. The zero-order chi connectivity index (χ0) is 14.7. The van der Waals surface area contributed by atoms with Crippen LogP contribution in [0.1, 0.15) is 18.5 Å². The Balaban J connectivity index is 2.00. The number of halogens is 1. The van der Waals surface area contributed by atoms with E-state index in [1.165, 1.54) is 16.7 Å². The molecule has 1 aliphatic heterocycles. The smallest absolute Gasteiger partial charge is 0.327 e. The van der Waals surface area contributed by atoms with Crippen molar-refractivity contribution in [2.45, 2.75) is 19.0 Å². The van der Waals surface area contributed by atoms with Gasteiger partial charge in [-0.1, -0.05) is 28.1 Å². The van der Waals surface area contributed by atoms with Gasteiger partial charge in [0.05, 0.1) is 11.9 Å². The Hall–Kier alpha value is -1.21. The number of carbonyl (C=O) groups excluding carboxylic acids is 1. The van der Waals surface area contributed by atoms with E-state index in [1.54, 1.807) is 0 Å². The molecular formula is C13H15BrN2O3S. The Labute approximate surface area is 129 Å². The molecule has 0 radical (unpaired) electrons. The highest BCUT2D eigenvalue weighted by atomic mass is 79.9. The summed E-state index contributed by atoms with van der Waals surface area (Å²) in [5, 5.41) is 11.9. The first-order chi connectivity index (χ1) is 9.49. The fourth-order valence-corrected chi connectivity index (χ4v) is 3.36. The molecule has 7 heteroatoms. The molecule has 20 heavy (non-hydrogen) atoms. The van der Waals surface area contributed by atoms with Crippen LogP contribution in [0.25, 0.3) is 0 Å². The van der Waals surface area contributed by atoms with E-state index in [4.69, 9.17) is 5.11 Å². The second-order valence-electron chi connectivity index (χ2n) is 4.55. The SMILES string of the molecule is CC(NC(=O)N1CSC[C@H]1C(=O)O)c1ccc(Br)cc1. The largest absolute Gasteiger partial charge is 0.480 e. The summed E-state index contributed by atoms with van der Waals surface area (Å²) in [4.78, 5) is 24.6. The molecule has 5 nitrogen and oxygen atoms in total. The molecule has 2 N–H and O–H groups in total.